The first kappa shape index (κ1) is 15.5. The number of carbonyl (C=O) groups is 2. The quantitative estimate of drug-likeness (QED) is 0.637. The van der Waals surface area contributed by atoms with Crippen LogP contribution in [0.1, 0.15) is 12.5 Å². The van der Waals surface area contributed by atoms with Gasteiger partial charge in [-0.25, -0.2) is 9.59 Å². The molecule has 0 radical (unpaired) electrons. The Labute approximate surface area is 119 Å². The number of carboxylic acids is 2. The second-order valence-corrected chi connectivity index (χ2v) is 4.19. The van der Waals surface area contributed by atoms with Crippen LogP contribution >= 0.6 is 11.6 Å². The van der Waals surface area contributed by atoms with Gasteiger partial charge in [0.1, 0.15) is 17.4 Å². The summed E-state index contributed by atoms with van der Waals surface area (Å²) >= 11 is 5.79. The van der Waals surface area contributed by atoms with Crippen molar-refractivity contribution in [2.75, 3.05) is 0 Å². The monoisotopic (exact) mass is 295 g/mol. The molecule has 7 heteroatoms. The fourth-order valence-corrected chi connectivity index (χ4v) is 1.46. The lowest BCUT2D eigenvalue weighted by Gasteiger charge is -2.13. The van der Waals surface area contributed by atoms with Gasteiger partial charge in [0.05, 0.1) is 0 Å². The van der Waals surface area contributed by atoms with E-state index in [1.807, 2.05) is 0 Å². The number of nitrogens with zero attached hydrogens (tertiary/aromatic N) is 1. The van der Waals surface area contributed by atoms with Gasteiger partial charge in [-0.3, -0.25) is 0 Å². The molecular weight excluding hydrogens is 286 g/mol. The number of nitriles is 1. The molecule has 0 bridgehead atoms. The van der Waals surface area contributed by atoms with Gasteiger partial charge in [0, 0.05) is 10.6 Å². The highest BCUT2D eigenvalue weighted by molar-refractivity contribution is 6.30. The van der Waals surface area contributed by atoms with E-state index in [0.29, 0.717) is 5.02 Å². The van der Waals surface area contributed by atoms with Gasteiger partial charge in [-0.2, -0.15) is 5.26 Å². The molecule has 0 heterocycles. The molecule has 0 fully saturated rings. The zero-order valence-corrected chi connectivity index (χ0v) is 11.1. The van der Waals surface area contributed by atoms with Gasteiger partial charge in [-0.05, 0) is 31.2 Å². The molecule has 1 rings (SSSR count). The third kappa shape index (κ3) is 4.00. The van der Waals surface area contributed by atoms with Crippen LogP contribution in [-0.2, 0) is 9.59 Å². The molecule has 1 atom stereocenters. The Morgan fingerprint density at radius 3 is 2.60 bits per heavy atom. The van der Waals surface area contributed by atoms with E-state index in [1.54, 1.807) is 0 Å². The van der Waals surface area contributed by atoms with Crippen molar-refractivity contribution in [1.29, 1.82) is 5.26 Å². The molecule has 0 saturated heterocycles. The van der Waals surface area contributed by atoms with Crippen LogP contribution in [0.4, 0.5) is 0 Å². The zero-order valence-electron chi connectivity index (χ0n) is 10.3. The summed E-state index contributed by atoms with van der Waals surface area (Å²) in [5.74, 6) is -2.45. The largest absolute Gasteiger partial charge is 0.479 e. The zero-order chi connectivity index (χ0) is 15.3. The highest BCUT2D eigenvalue weighted by Gasteiger charge is 2.15. The minimum atomic E-state index is -1.40. The average molecular weight is 296 g/mol. The summed E-state index contributed by atoms with van der Waals surface area (Å²) in [5, 5.41) is 26.6. The lowest BCUT2D eigenvalue weighted by molar-refractivity contribution is -0.144. The summed E-state index contributed by atoms with van der Waals surface area (Å²) in [4.78, 5) is 21.6. The summed E-state index contributed by atoms with van der Waals surface area (Å²) in [6.45, 7) is 1.33. The van der Waals surface area contributed by atoms with Crippen molar-refractivity contribution < 1.29 is 24.5 Å². The molecule has 0 aromatic heterocycles. The van der Waals surface area contributed by atoms with Crippen LogP contribution in [-0.4, -0.2) is 28.3 Å². The van der Waals surface area contributed by atoms with Crippen LogP contribution in [0.15, 0.2) is 23.8 Å². The van der Waals surface area contributed by atoms with E-state index >= 15 is 0 Å². The molecule has 0 amide bonds. The molecule has 20 heavy (non-hydrogen) atoms. The fraction of sp³-hybridized carbons (Fsp3) is 0.154. The highest BCUT2D eigenvalue weighted by atomic mass is 35.5. The van der Waals surface area contributed by atoms with Gasteiger partial charge in [0.25, 0.3) is 0 Å². The first-order valence-corrected chi connectivity index (χ1v) is 5.77. The molecule has 104 valence electrons. The van der Waals surface area contributed by atoms with Crippen molar-refractivity contribution in [2.45, 2.75) is 13.0 Å². The van der Waals surface area contributed by atoms with E-state index in [0.717, 1.165) is 6.08 Å². The molecule has 1 aromatic carbocycles. The molecule has 6 nitrogen and oxygen atoms in total. The maximum Gasteiger partial charge on any atom is 0.346 e. The van der Waals surface area contributed by atoms with Crippen molar-refractivity contribution in [2.24, 2.45) is 0 Å². The molecule has 0 aliphatic rings. The molecule has 0 saturated carbocycles. The van der Waals surface area contributed by atoms with Gasteiger partial charge >= 0.3 is 11.9 Å². The lowest BCUT2D eigenvalue weighted by Crippen LogP contribution is -2.23. The Morgan fingerprint density at radius 1 is 1.45 bits per heavy atom. The maximum atomic E-state index is 10.8. The number of halogens is 1. The lowest BCUT2D eigenvalue weighted by atomic mass is 10.1. The third-order valence-corrected chi connectivity index (χ3v) is 2.51. The summed E-state index contributed by atoms with van der Waals surface area (Å²) in [6.07, 6.45) is -0.0586. The minimum Gasteiger partial charge on any atom is -0.479 e. The molecule has 0 unspecified atom stereocenters. The van der Waals surface area contributed by atoms with E-state index in [-0.39, 0.29) is 11.3 Å². The Morgan fingerprint density at radius 2 is 2.10 bits per heavy atom. The van der Waals surface area contributed by atoms with Crippen LogP contribution in [0.5, 0.6) is 5.75 Å². The van der Waals surface area contributed by atoms with Crippen LogP contribution in [0, 0.1) is 11.3 Å². The number of ether oxygens (including phenoxy) is 1. The predicted molar refractivity (Wildman–Crippen MR) is 70.4 cm³/mol. The summed E-state index contributed by atoms with van der Waals surface area (Å²) in [5.41, 5.74) is -0.301. The van der Waals surface area contributed by atoms with Crippen molar-refractivity contribution in [3.05, 3.63) is 34.4 Å². The number of hydrogen-bond acceptors (Lipinski definition) is 4. The average Bonchev–Trinajstić information content (AvgIpc) is 2.38. The van der Waals surface area contributed by atoms with Crippen LogP contribution < -0.4 is 4.74 Å². The van der Waals surface area contributed by atoms with E-state index in [9.17, 15) is 9.59 Å². The summed E-state index contributed by atoms with van der Waals surface area (Å²) in [6, 6.07) is 5.78. The fourth-order valence-electron chi connectivity index (χ4n) is 1.28. The number of carboxylic acid groups (broad SMARTS) is 2. The van der Waals surface area contributed by atoms with E-state index in [4.69, 9.17) is 31.8 Å². The number of aliphatic carboxylic acids is 2. The van der Waals surface area contributed by atoms with Crippen LogP contribution in [0.3, 0.4) is 0 Å². The van der Waals surface area contributed by atoms with Crippen molar-refractivity contribution in [1.82, 2.24) is 0 Å². The second kappa shape index (κ2) is 6.59. The Bertz CT molecular complexity index is 618. The minimum absolute atomic E-state index is 0.123. The van der Waals surface area contributed by atoms with Gasteiger partial charge in [0.15, 0.2) is 6.10 Å². The number of rotatable bonds is 5. The van der Waals surface area contributed by atoms with Gasteiger partial charge in [0.2, 0.25) is 0 Å². The van der Waals surface area contributed by atoms with E-state index < -0.39 is 23.6 Å². The van der Waals surface area contributed by atoms with Gasteiger partial charge in [-0.15, -0.1) is 0 Å². The predicted octanol–water partition coefficient (Wildman–Crippen LogP) is 2.18. The maximum absolute atomic E-state index is 10.8. The normalized spacial score (nSPS) is 12.3. The van der Waals surface area contributed by atoms with Crippen LogP contribution in [0.2, 0.25) is 5.02 Å². The molecule has 0 aliphatic heterocycles. The Kier molecular flexibility index (Phi) is 5.12. The summed E-state index contributed by atoms with van der Waals surface area (Å²) < 4.78 is 5.18. The highest BCUT2D eigenvalue weighted by Crippen LogP contribution is 2.26. The Balaban J connectivity index is 3.24. The third-order valence-electron chi connectivity index (χ3n) is 2.27. The summed E-state index contributed by atoms with van der Waals surface area (Å²) in [7, 11) is 0. The standard InChI is InChI=1S/C13H10ClNO5/c1-7(12(16)17)20-11-3-2-10(14)5-8(11)4-9(6-15)13(18)19/h2-5,7H,1H3,(H,16,17)(H,18,19)/b9-4+/t7-/m1/s1. The SMILES string of the molecule is C[C@@H](Oc1ccc(Cl)cc1/C=C(\C#N)C(=O)O)C(=O)O. The van der Waals surface area contributed by atoms with Gasteiger partial charge < -0.3 is 14.9 Å². The number of hydrogen-bond donors (Lipinski definition) is 2. The van der Waals surface area contributed by atoms with Crippen molar-refractivity contribution in [3.63, 3.8) is 0 Å². The molecule has 0 aliphatic carbocycles. The second-order valence-electron chi connectivity index (χ2n) is 3.76. The van der Waals surface area contributed by atoms with E-state index in [2.05, 4.69) is 0 Å². The molecule has 0 spiro atoms. The van der Waals surface area contributed by atoms with Crippen molar-refractivity contribution in [3.8, 4) is 11.8 Å². The van der Waals surface area contributed by atoms with Crippen LogP contribution in [0.25, 0.3) is 6.08 Å². The molecule has 2 N–H and O–H groups in total. The smallest absolute Gasteiger partial charge is 0.346 e. The van der Waals surface area contributed by atoms with Crippen molar-refractivity contribution >= 4 is 29.6 Å². The molecular formula is C13H10ClNO5. The first-order chi connectivity index (χ1) is 9.35. The Hall–Kier alpha value is -2.52. The number of benzene rings is 1. The first-order valence-electron chi connectivity index (χ1n) is 5.39. The van der Waals surface area contributed by atoms with E-state index in [1.165, 1.54) is 31.2 Å². The molecule has 1 aromatic rings. The topological polar surface area (TPSA) is 108 Å². The van der Waals surface area contributed by atoms with Gasteiger partial charge in [-0.1, -0.05) is 11.6 Å².